The van der Waals surface area contributed by atoms with Gasteiger partial charge in [-0.1, -0.05) is 12.1 Å². The largest absolute Gasteiger partial charge is 0.461 e. The Labute approximate surface area is 131 Å². The first-order valence-electron chi connectivity index (χ1n) is 6.70. The van der Waals surface area contributed by atoms with Gasteiger partial charge in [0.15, 0.2) is 5.69 Å². The Kier molecular flexibility index (Phi) is 4.69. The molecule has 0 aliphatic heterocycles. The van der Waals surface area contributed by atoms with Gasteiger partial charge in [-0.25, -0.2) is 4.79 Å². The number of hydrogen-bond donors (Lipinski definition) is 1. The number of esters is 1. The summed E-state index contributed by atoms with van der Waals surface area (Å²) in [6, 6.07) is 7.00. The van der Waals surface area contributed by atoms with Gasteiger partial charge in [0, 0.05) is 19.2 Å². The van der Waals surface area contributed by atoms with E-state index in [1.54, 1.807) is 13.0 Å². The average molecular weight is 318 g/mol. The summed E-state index contributed by atoms with van der Waals surface area (Å²) < 4.78 is 6.06. The number of aromatic nitrogens is 2. The number of benzene rings is 1. The molecule has 2 aromatic rings. The van der Waals surface area contributed by atoms with E-state index in [9.17, 15) is 19.7 Å². The molecule has 23 heavy (non-hydrogen) atoms. The van der Waals surface area contributed by atoms with Gasteiger partial charge in [-0.2, -0.15) is 5.10 Å². The molecular formula is C14H14N4O5. The Morgan fingerprint density at radius 3 is 2.74 bits per heavy atom. The van der Waals surface area contributed by atoms with Crippen molar-refractivity contribution >= 4 is 23.3 Å². The van der Waals surface area contributed by atoms with Crippen molar-refractivity contribution in [1.82, 2.24) is 9.78 Å². The van der Waals surface area contributed by atoms with Crippen molar-refractivity contribution in [2.75, 3.05) is 11.9 Å². The van der Waals surface area contributed by atoms with Gasteiger partial charge in [0.1, 0.15) is 11.4 Å². The second kappa shape index (κ2) is 6.69. The number of nitrogens with one attached hydrogen (secondary N) is 1. The minimum atomic E-state index is -0.662. The maximum atomic E-state index is 12.2. The molecule has 1 N–H and O–H groups in total. The number of ether oxygens (including phenoxy) is 1. The van der Waals surface area contributed by atoms with Gasteiger partial charge in [0.25, 0.3) is 11.6 Å². The summed E-state index contributed by atoms with van der Waals surface area (Å²) >= 11 is 0. The number of carbonyl (C=O) groups is 2. The Morgan fingerprint density at radius 2 is 2.09 bits per heavy atom. The van der Waals surface area contributed by atoms with Crippen LogP contribution in [0.2, 0.25) is 0 Å². The highest BCUT2D eigenvalue weighted by Gasteiger charge is 2.21. The summed E-state index contributed by atoms with van der Waals surface area (Å²) in [4.78, 5) is 34.2. The number of nitro benzene ring substituents is 1. The zero-order valence-electron chi connectivity index (χ0n) is 12.5. The summed E-state index contributed by atoms with van der Waals surface area (Å²) in [5, 5.41) is 17.3. The van der Waals surface area contributed by atoms with Crippen LogP contribution in [0, 0.1) is 10.1 Å². The number of para-hydroxylation sites is 2. The first-order valence-corrected chi connectivity index (χ1v) is 6.70. The van der Waals surface area contributed by atoms with Crippen LogP contribution in [0.15, 0.2) is 30.3 Å². The summed E-state index contributed by atoms with van der Waals surface area (Å²) in [5.41, 5.74) is -0.124. The van der Waals surface area contributed by atoms with Gasteiger partial charge < -0.3 is 10.1 Å². The summed E-state index contributed by atoms with van der Waals surface area (Å²) in [5.74, 6) is -1.27. The molecule has 0 aliphatic rings. The monoisotopic (exact) mass is 318 g/mol. The molecule has 0 spiro atoms. The molecule has 2 rings (SSSR count). The van der Waals surface area contributed by atoms with Gasteiger partial charge in [-0.15, -0.1) is 0 Å². The molecule has 0 saturated carbocycles. The van der Waals surface area contributed by atoms with E-state index in [0.29, 0.717) is 0 Å². The average Bonchev–Trinajstić information content (AvgIpc) is 2.90. The molecule has 9 nitrogen and oxygen atoms in total. The summed E-state index contributed by atoms with van der Waals surface area (Å²) in [7, 11) is 1.49. The van der Waals surface area contributed by atoms with E-state index in [0.717, 1.165) is 0 Å². The van der Waals surface area contributed by atoms with Crippen LogP contribution in [-0.4, -0.2) is 33.2 Å². The minimum absolute atomic E-state index is 0.0471. The number of hydrogen-bond acceptors (Lipinski definition) is 6. The third-order valence-corrected chi connectivity index (χ3v) is 2.95. The van der Waals surface area contributed by atoms with Crippen molar-refractivity contribution in [2.45, 2.75) is 6.92 Å². The van der Waals surface area contributed by atoms with E-state index >= 15 is 0 Å². The molecule has 0 bridgehead atoms. The van der Waals surface area contributed by atoms with Crippen LogP contribution in [0.5, 0.6) is 0 Å². The molecule has 0 saturated heterocycles. The Balaban J connectivity index is 2.24. The van der Waals surface area contributed by atoms with E-state index in [-0.39, 0.29) is 29.4 Å². The Bertz CT molecular complexity index is 768. The second-order valence-corrected chi connectivity index (χ2v) is 4.49. The van der Waals surface area contributed by atoms with Crippen molar-refractivity contribution in [3.05, 3.63) is 51.8 Å². The third kappa shape index (κ3) is 3.51. The Morgan fingerprint density at radius 1 is 1.39 bits per heavy atom. The molecule has 1 amide bonds. The van der Waals surface area contributed by atoms with Crippen LogP contribution in [0.1, 0.15) is 27.9 Å². The molecule has 0 aliphatic carbocycles. The minimum Gasteiger partial charge on any atom is -0.461 e. The van der Waals surface area contributed by atoms with Crippen LogP contribution in [-0.2, 0) is 11.8 Å². The number of carbonyl (C=O) groups excluding carboxylic acids is 2. The van der Waals surface area contributed by atoms with Gasteiger partial charge in [0.05, 0.1) is 11.5 Å². The van der Waals surface area contributed by atoms with Crippen LogP contribution in [0.3, 0.4) is 0 Å². The predicted octanol–water partition coefficient (Wildman–Crippen LogP) is 1.76. The van der Waals surface area contributed by atoms with Crippen molar-refractivity contribution in [3.8, 4) is 0 Å². The van der Waals surface area contributed by atoms with Crippen LogP contribution in [0.4, 0.5) is 11.4 Å². The van der Waals surface area contributed by atoms with E-state index in [4.69, 9.17) is 4.74 Å². The van der Waals surface area contributed by atoms with Crippen molar-refractivity contribution < 1.29 is 19.2 Å². The second-order valence-electron chi connectivity index (χ2n) is 4.49. The maximum Gasteiger partial charge on any atom is 0.356 e. The quantitative estimate of drug-likeness (QED) is 0.510. The molecule has 0 unspecified atom stereocenters. The number of nitrogens with zero attached hydrogens (tertiary/aromatic N) is 3. The summed E-state index contributed by atoms with van der Waals surface area (Å²) in [6.07, 6.45) is 0. The zero-order valence-corrected chi connectivity index (χ0v) is 12.5. The molecule has 1 aromatic heterocycles. The van der Waals surface area contributed by atoms with Gasteiger partial charge in [-0.3, -0.25) is 19.6 Å². The molecule has 1 heterocycles. The maximum absolute atomic E-state index is 12.2. The lowest BCUT2D eigenvalue weighted by atomic mass is 10.2. The number of amides is 1. The number of nitro groups is 1. The van der Waals surface area contributed by atoms with Crippen molar-refractivity contribution in [2.24, 2.45) is 7.05 Å². The van der Waals surface area contributed by atoms with Crippen LogP contribution < -0.4 is 5.32 Å². The topological polar surface area (TPSA) is 116 Å². The standard InChI is InChI=1S/C14H14N4O5/c1-3-23-14(20)12-8-10(16-17(12)2)13(19)15-9-6-4-5-7-11(9)18(21)22/h4-8H,3H2,1-2H3,(H,15,19). The van der Waals surface area contributed by atoms with Gasteiger partial charge in [0.2, 0.25) is 0 Å². The van der Waals surface area contributed by atoms with Gasteiger partial charge in [-0.05, 0) is 13.0 Å². The fraction of sp³-hybridized carbons (Fsp3) is 0.214. The van der Waals surface area contributed by atoms with E-state index in [1.807, 2.05) is 0 Å². The lowest BCUT2D eigenvalue weighted by Gasteiger charge is -2.03. The molecule has 9 heteroatoms. The highest BCUT2D eigenvalue weighted by Crippen LogP contribution is 2.23. The Hall–Kier alpha value is -3.23. The third-order valence-electron chi connectivity index (χ3n) is 2.95. The molecule has 1 aromatic carbocycles. The highest BCUT2D eigenvalue weighted by atomic mass is 16.6. The normalized spacial score (nSPS) is 10.2. The number of anilines is 1. The van der Waals surface area contributed by atoms with Crippen LogP contribution in [0.25, 0.3) is 0 Å². The predicted molar refractivity (Wildman–Crippen MR) is 80.2 cm³/mol. The van der Waals surface area contributed by atoms with E-state index in [1.165, 1.54) is 36.0 Å². The first kappa shape index (κ1) is 16.1. The van der Waals surface area contributed by atoms with Crippen molar-refractivity contribution in [1.29, 1.82) is 0 Å². The number of rotatable bonds is 5. The highest BCUT2D eigenvalue weighted by molar-refractivity contribution is 6.05. The molecule has 0 atom stereocenters. The smallest absolute Gasteiger partial charge is 0.356 e. The van der Waals surface area contributed by atoms with Crippen LogP contribution >= 0.6 is 0 Å². The molecule has 0 fully saturated rings. The fourth-order valence-corrected chi connectivity index (χ4v) is 1.90. The number of aryl methyl sites for hydroxylation is 1. The van der Waals surface area contributed by atoms with Crippen molar-refractivity contribution in [3.63, 3.8) is 0 Å². The molecular weight excluding hydrogens is 304 g/mol. The van der Waals surface area contributed by atoms with Gasteiger partial charge >= 0.3 is 5.97 Å². The van der Waals surface area contributed by atoms with E-state index < -0.39 is 16.8 Å². The fourth-order valence-electron chi connectivity index (χ4n) is 1.90. The lowest BCUT2D eigenvalue weighted by molar-refractivity contribution is -0.383. The molecule has 0 radical (unpaired) electrons. The zero-order chi connectivity index (χ0) is 17.0. The lowest BCUT2D eigenvalue weighted by Crippen LogP contribution is -2.14. The van der Waals surface area contributed by atoms with E-state index in [2.05, 4.69) is 10.4 Å². The molecule has 120 valence electrons. The summed E-state index contributed by atoms with van der Waals surface area (Å²) in [6.45, 7) is 1.86. The SMILES string of the molecule is CCOC(=O)c1cc(C(=O)Nc2ccccc2[N+](=O)[O-])nn1C. The first-order chi connectivity index (χ1) is 10.9.